The molecule has 8 rings (SSSR count). The van der Waals surface area contributed by atoms with Gasteiger partial charge in [0, 0.05) is 0 Å². The molecule has 0 spiro atoms. The first-order valence-corrected chi connectivity index (χ1v) is 19.0. The smallest absolute Gasteiger partial charge is 0.228 e. The monoisotopic (exact) mass is 730 g/mol. The van der Waals surface area contributed by atoms with Gasteiger partial charge in [0.15, 0.2) is 0 Å². The molecule has 280 valence electrons. The van der Waals surface area contributed by atoms with Crippen LogP contribution in [0.5, 0.6) is 23.0 Å². The van der Waals surface area contributed by atoms with Gasteiger partial charge in [-0.05, 0) is 109 Å². The number of ether oxygens (including phenoxy) is 7. The van der Waals surface area contributed by atoms with E-state index in [1.807, 2.05) is 77.7 Å². The summed E-state index contributed by atoms with van der Waals surface area (Å²) in [7, 11) is 0. The first-order valence-electron chi connectivity index (χ1n) is 19.0. The van der Waals surface area contributed by atoms with Crippen LogP contribution in [0.15, 0.2) is 110 Å². The normalized spacial score (nSPS) is 20.3. The molecule has 11 heteroatoms. The van der Waals surface area contributed by atoms with Gasteiger partial charge in [-0.3, -0.25) is 4.74 Å². The van der Waals surface area contributed by atoms with Crippen molar-refractivity contribution in [2.75, 3.05) is 44.4 Å². The zero-order valence-electron chi connectivity index (χ0n) is 30.3. The van der Waals surface area contributed by atoms with E-state index in [1.54, 1.807) is 0 Å². The lowest BCUT2D eigenvalue weighted by atomic mass is 10.1. The van der Waals surface area contributed by atoms with Crippen LogP contribution in [0.4, 0.5) is 5.95 Å². The van der Waals surface area contributed by atoms with Gasteiger partial charge in [-0.25, -0.2) is 15.0 Å². The summed E-state index contributed by atoms with van der Waals surface area (Å²) in [5.41, 5.74) is 4.35. The van der Waals surface area contributed by atoms with Crippen molar-refractivity contribution in [3.63, 3.8) is 0 Å². The standard InChI is InChI=1S/C43H46N4O7/c1(5-39-27-50-39)3-23-48-35-15-7-31(8-16-35)33-11-19-37(20-12-33)52-41-25-47(43-45-29-44-30-46-43)26-42(54-41)53-38-21-13-34(14-22-38)32-9-17-36(18-10-32)49-24-4-2-6-40-28-51-40/h7-22,29-30,39-42H,1-6,23-28H2. The van der Waals surface area contributed by atoms with E-state index in [-0.39, 0.29) is 0 Å². The summed E-state index contributed by atoms with van der Waals surface area (Å²) in [6.45, 7) is 4.09. The van der Waals surface area contributed by atoms with Crippen LogP contribution < -0.4 is 23.8 Å². The van der Waals surface area contributed by atoms with Crippen molar-refractivity contribution in [3.8, 4) is 45.3 Å². The van der Waals surface area contributed by atoms with Crippen molar-refractivity contribution in [2.45, 2.75) is 63.3 Å². The fourth-order valence-electron chi connectivity index (χ4n) is 6.42. The lowest BCUT2D eigenvalue weighted by molar-refractivity contribution is -0.192. The SMILES string of the molecule is c1ncnc(N2CC(Oc3ccc(-c4ccc(OCCCCC5CO5)cc4)cc3)OC(Oc3ccc(-c4ccc(OCCCCC5CO5)cc4)cc3)C2)n1. The summed E-state index contributed by atoms with van der Waals surface area (Å²) in [5.74, 6) is 3.65. The average Bonchev–Trinajstić information content (AvgIpc) is 4.17. The Labute approximate surface area is 316 Å². The number of anilines is 1. The Morgan fingerprint density at radius 3 is 1.30 bits per heavy atom. The highest BCUT2D eigenvalue weighted by Gasteiger charge is 2.32. The van der Waals surface area contributed by atoms with Crippen LogP contribution in [-0.4, -0.2) is 79.3 Å². The molecule has 4 atom stereocenters. The maximum absolute atomic E-state index is 6.34. The predicted octanol–water partition coefficient (Wildman–Crippen LogP) is 7.75. The number of hydrogen-bond donors (Lipinski definition) is 0. The number of morpholine rings is 1. The molecule has 4 heterocycles. The highest BCUT2D eigenvalue weighted by molar-refractivity contribution is 5.66. The molecule has 3 aliphatic heterocycles. The van der Waals surface area contributed by atoms with Crippen LogP contribution in [0.3, 0.4) is 0 Å². The Kier molecular flexibility index (Phi) is 11.7. The van der Waals surface area contributed by atoms with Crippen LogP contribution in [0, 0.1) is 0 Å². The van der Waals surface area contributed by atoms with Crippen LogP contribution in [-0.2, 0) is 14.2 Å². The van der Waals surface area contributed by atoms with E-state index < -0.39 is 12.6 Å². The zero-order valence-corrected chi connectivity index (χ0v) is 30.3. The summed E-state index contributed by atoms with van der Waals surface area (Å²) in [5, 5.41) is 0. The van der Waals surface area contributed by atoms with Crippen molar-refractivity contribution in [2.24, 2.45) is 0 Å². The predicted molar refractivity (Wildman–Crippen MR) is 204 cm³/mol. The first-order chi connectivity index (χ1) is 26.7. The first kappa shape index (κ1) is 35.8. The van der Waals surface area contributed by atoms with Gasteiger partial charge in [0.2, 0.25) is 18.5 Å². The topological polar surface area (TPSA) is 113 Å². The number of benzene rings is 4. The summed E-state index contributed by atoms with van der Waals surface area (Å²) < 4.78 is 41.4. The van der Waals surface area contributed by atoms with Crippen LogP contribution in [0.25, 0.3) is 22.3 Å². The third-order valence-electron chi connectivity index (χ3n) is 9.61. The van der Waals surface area contributed by atoms with E-state index in [2.05, 4.69) is 39.2 Å². The molecule has 3 fully saturated rings. The van der Waals surface area contributed by atoms with E-state index in [0.717, 1.165) is 85.5 Å². The molecule has 0 amide bonds. The van der Waals surface area contributed by atoms with E-state index in [4.69, 9.17) is 33.2 Å². The average molecular weight is 731 g/mol. The van der Waals surface area contributed by atoms with Crippen molar-refractivity contribution in [1.82, 2.24) is 15.0 Å². The van der Waals surface area contributed by atoms with E-state index in [1.165, 1.54) is 12.7 Å². The Hall–Kier alpha value is -5.23. The fraction of sp³-hybridized carbons (Fsp3) is 0.372. The molecule has 1 aromatic heterocycles. The van der Waals surface area contributed by atoms with Crippen LogP contribution in [0.1, 0.15) is 38.5 Å². The van der Waals surface area contributed by atoms with Gasteiger partial charge in [0.25, 0.3) is 0 Å². The largest absolute Gasteiger partial charge is 0.494 e. The minimum Gasteiger partial charge on any atom is -0.494 e. The number of epoxide rings is 2. The summed E-state index contributed by atoms with van der Waals surface area (Å²) in [6, 6.07) is 32.4. The lowest BCUT2D eigenvalue weighted by Gasteiger charge is -2.37. The van der Waals surface area contributed by atoms with Gasteiger partial charge in [0.05, 0.1) is 51.7 Å². The molecular formula is C43H46N4O7. The zero-order chi connectivity index (χ0) is 36.4. The molecule has 0 N–H and O–H groups in total. The second-order valence-corrected chi connectivity index (χ2v) is 13.8. The van der Waals surface area contributed by atoms with Gasteiger partial charge in [-0.2, -0.15) is 0 Å². The van der Waals surface area contributed by atoms with Crippen LogP contribution >= 0.6 is 0 Å². The fourth-order valence-corrected chi connectivity index (χ4v) is 6.42. The van der Waals surface area contributed by atoms with Gasteiger partial charge < -0.3 is 33.3 Å². The van der Waals surface area contributed by atoms with E-state index >= 15 is 0 Å². The minimum absolute atomic E-state index is 0.412. The second kappa shape index (κ2) is 17.7. The summed E-state index contributed by atoms with van der Waals surface area (Å²) >= 11 is 0. The van der Waals surface area contributed by atoms with Crippen molar-refractivity contribution < 1.29 is 33.2 Å². The van der Waals surface area contributed by atoms with Crippen molar-refractivity contribution in [3.05, 3.63) is 110 Å². The molecule has 0 aliphatic carbocycles. The number of aromatic nitrogens is 3. The Bertz CT molecular complexity index is 1750. The molecule has 3 aliphatic rings. The maximum atomic E-state index is 6.34. The third kappa shape index (κ3) is 10.5. The highest BCUT2D eigenvalue weighted by Crippen LogP contribution is 2.29. The number of hydrogen-bond acceptors (Lipinski definition) is 11. The quantitative estimate of drug-likeness (QED) is 0.0614. The molecule has 0 bridgehead atoms. The molecule has 54 heavy (non-hydrogen) atoms. The number of unbranched alkanes of at least 4 members (excludes halogenated alkanes) is 2. The van der Waals surface area contributed by atoms with Crippen molar-refractivity contribution >= 4 is 5.95 Å². The van der Waals surface area contributed by atoms with E-state index in [0.29, 0.717) is 56.0 Å². The molecule has 0 saturated carbocycles. The maximum Gasteiger partial charge on any atom is 0.228 e. The van der Waals surface area contributed by atoms with Gasteiger partial charge in [0.1, 0.15) is 35.7 Å². The Morgan fingerprint density at radius 2 is 0.907 bits per heavy atom. The molecule has 0 radical (unpaired) electrons. The highest BCUT2D eigenvalue weighted by atomic mass is 16.8. The number of nitrogens with zero attached hydrogens (tertiary/aromatic N) is 4. The molecular weight excluding hydrogens is 684 g/mol. The molecule has 4 unspecified atom stereocenters. The third-order valence-corrected chi connectivity index (χ3v) is 9.61. The van der Waals surface area contributed by atoms with E-state index in [9.17, 15) is 0 Å². The molecule has 4 aromatic carbocycles. The summed E-state index contributed by atoms with van der Waals surface area (Å²) in [4.78, 5) is 14.7. The van der Waals surface area contributed by atoms with Gasteiger partial charge in [-0.15, -0.1) is 0 Å². The molecule has 11 nitrogen and oxygen atoms in total. The second-order valence-electron chi connectivity index (χ2n) is 13.8. The Balaban J connectivity index is 0.848. The minimum atomic E-state index is -0.633. The molecule has 5 aromatic rings. The summed E-state index contributed by atoms with van der Waals surface area (Å²) in [6.07, 6.45) is 9.24. The Morgan fingerprint density at radius 1 is 0.519 bits per heavy atom. The van der Waals surface area contributed by atoms with Gasteiger partial charge in [-0.1, -0.05) is 48.5 Å². The van der Waals surface area contributed by atoms with Crippen molar-refractivity contribution in [1.29, 1.82) is 0 Å². The number of rotatable bonds is 19. The van der Waals surface area contributed by atoms with Crippen LogP contribution in [0.2, 0.25) is 0 Å². The van der Waals surface area contributed by atoms with Gasteiger partial charge >= 0.3 is 0 Å². The molecule has 3 saturated heterocycles. The lowest BCUT2D eigenvalue weighted by Crippen LogP contribution is -2.52.